The van der Waals surface area contributed by atoms with Gasteiger partial charge in [-0.25, -0.2) is 4.79 Å². The van der Waals surface area contributed by atoms with Crippen LogP contribution in [-0.4, -0.2) is 18.0 Å². The van der Waals surface area contributed by atoms with Gasteiger partial charge in [0.1, 0.15) is 0 Å². The first-order chi connectivity index (χ1) is 6.99. The lowest BCUT2D eigenvalue weighted by Crippen LogP contribution is -2.07. The van der Waals surface area contributed by atoms with Crippen LogP contribution in [0, 0.1) is 10.1 Å². The van der Waals surface area contributed by atoms with Gasteiger partial charge in [0, 0.05) is 0 Å². The maximum atomic E-state index is 11.3. The minimum absolute atomic E-state index is 0.0169. The second kappa shape index (κ2) is 4.59. The molecular weight excluding hydrogens is 289 g/mol. The van der Waals surface area contributed by atoms with Crippen LogP contribution in [0.5, 0.6) is 0 Å². The van der Waals surface area contributed by atoms with Crippen molar-refractivity contribution in [3.05, 3.63) is 37.3 Å². The number of halogens is 2. The molecule has 15 heavy (non-hydrogen) atoms. The highest BCUT2D eigenvalue weighted by molar-refractivity contribution is 9.10. The molecule has 1 rings (SSSR count). The van der Waals surface area contributed by atoms with E-state index in [-0.39, 0.29) is 15.1 Å². The fourth-order valence-corrected chi connectivity index (χ4v) is 1.72. The number of hydrogen-bond acceptors (Lipinski definition) is 4. The maximum Gasteiger partial charge on any atom is 0.346 e. The van der Waals surface area contributed by atoms with E-state index in [0.717, 1.165) is 7.11 Å². The zero-order valence-electron chi connectivity index (χ0n) is 7.49. The Balaban J connectivity index is 3.52. The summed E-state index contributed by atoms with van der Waals surface area (Å²) >= 11 is 8.66. The van der Waals surface area contributed by atoms with E-state index in [1.807, 2.05) is 0 Å². The molecule has 0 amide bonds. The van der Waals surface area contributed by atoms with E-state index in [9.17, 15) is 14.9 Å². The predicted octanol–water partition coefficient (Wildman–Crippen LogP) is 2.80. The third kappa shape index (κ3) is 2.27. The number of methoxy groups -OCH3 is 1. The third-order valence-electron chi connectivity index (χ3n) is 1.65. The lowest BCUT2D eigenvalue weighted by atomic mass is 10.2. The molecule has 0 atom stereocenters. The van der Waals surface area contributed by atoms with E-state index in [0.29, 0.717) is 0 Å². The minimum atomic E-state index is -0.840. The molecule has 0 saturated heterocycles. The van der Waals surface area contributed by atoms with E-state index < -0.39 is 16.6 Å². The second-order valence-corrected chi connectivity index (χ2v) is 3.76. The molecule has 7 heteroatoms. The van der Waals surface area contributed by atoms with Crippen LogP contribution in [0.3, 0.4) is 0 Å². The van der Waals surface area contributed by atoms with Crippen molar-refractivity contribution in [2.75, 3.05) is 7.11 Å². The van der Waals surface area contributed by atoms with Gasteiger partial charge in [0.2, 0.25) is 0 Å². The lowest BCUT2D eigenvalue weighted by molar-refractivity contribution is -0.386. The molecular formula is C8H5BrClNO4. The van der Waals surface area contributed by atoms with Crippen molar-refractivity contribution < 1.29 is 14.5 Å². The van der Waals surface area contributed by atoms with Gasteiger partial charge in [0.15, 0.2) is 5.56 Å². The minimum Gasteiger partial charge on any atom is -0.465 e. The van der Waals surface area contributed by atoms with Gasteiger partial charge in [-0.1, -0.05) is 11.6 Å². The highest BCUT2D eigenvalue weighted by Gasteiger charge is 2.27. The van der Waals surface area contributed by atoms with Crippen molar-refractivity contribution in [1.29, 1.82) is 0 Å². The van der Waals surface area contributed by atoms with Crippen LogP contribution in [0.4, 0.5) is 5.69 Å². The van der Waals surface area contributed by atoms with Crippen molar-refractivity contribution in [3.8, 4) is 0 Å². The third-order valence-corrected chi connectivity index (χ3v) is 2.60. The Labute approximate surface area is 98.3 Å². The summed E-state index contributed by atoms with van der Waals surface area (Å²) in [6.45, 7) is 0. The Morgan fingerprint density at radius 1 is 1.60 bits per heavy atom. The highest BCUT2D eigenvalue weighted by atomic mass is 79.9. The highest BCUT2D eigenvalue weighted by Crippen LogP contribution is 2.34. The molecule has 0 radical (unpaired) electrons. The van der Waals surface area contributed by atoms with Crippen LogP contribution in [0.15, 0.2) is 16.6 Å². The van der Waals surface area contributed by atoms with Crippen molar-refractivity contribution in [2.24, 2.45) is 0 Å². The summed E-state index contributed by atoms with van der Waals surface area (Å²) in [5.74, 6) is -0.840. The molecule has 0 fully saturated rings. The topological polar surface area (TPSA) is 69.4 Å². The maximum absolute atomic E-state index is 11.3. The molecule has 0 aliphatic rings. The Morgan fingerprint density at radius 3 is 2.67 bits per heavy atom. The molecule has 5 nitrogen and oxygen atoms in total. The fraction of sp³-hybridized carbons (Fsp3) is 0.125. The smallest absolute Gasteiger partial charge is 0.346 e. The number of esters is 1. The van der Waals surface area contributed by atoms with Gasteiger partial charge in [-0.15, -0.1) is 0 Å². The van der Waals surface area contributed by atoms with E-state index in [1.54, 1.807) is 0 Å². The molecule has 0 saturated carbocycles. The Kier molecular flexibility index (Phi) is 3.65. The number of nitro groups is 1. The SMILES string of the molecule is COC(=O)c1c(Cl)ccc(Br)c1[N+](=O)[O-]. The Morgan fingerprint density at radius 2 is 2.20 bits per heavy atom. The van der Waals surface area contributed by atoms with Gasteiger partial charge in [-0.3, -0.25) is 10.1 Å². The molecule has 0 unspecified atom stereocenters. The molecule has 80 valence electrons. The van der Waals surface area contributed by atoms with Crippen molar-refractivity contribution in [1.82, 2.24) is 0 Å². The molecule has 1 aromatic rings. The number of rotatable bonds is 2. The van der Waals surface area contributed by atoms with Crippen LogP contribution < -0.4 is 0 Å². The van der Waals surface area contributed by atoms with Gasteiger partial charge in [-0.05, 0) is 28.1 Å². The molecule has 0 aliphatic heterocycles. The average Bonchev–Trinajstić information content (AvgIpc) is 2.19. The first-order valence-electron chi connectivity index (χ1n) is 3.69. The normalized spacial score (nSPS) is 9.80. The summed E-state index contributed by atoms with van der Waals surface area (Å²) in [4.78, 5) is 21.3. The van der Waals surface area contributed by atoms with Gasteiger partial charge >= 0.3 is 5.97 Å². The number of nitro benzene ring substituents is 1. The zero-order chi connectivity index (χ0) is 11.6. The molecule has 0 aliphatic carbocycles. The zero-order valence-corrected chi connectivity index (χ0v) is 9.83. The van der Waals surface area contributed by atoms with Gasteiger partial charge in [-0.2, -0.15) is 0 Å². The number of carbonyl (C=O) groups is 1. The molecule has 0 bridgehead atoms. The molecule has 1 aromatic carbocycles. The number of ether oxygens (including phenoxy) is 1. The number of nitrogens with zero attached hydrogens (tertiary/aromatic N) is 1. The van der Waals surface area contributed by atoms with Crippen LogP contribution in [0.25, 0.3) is 0 Å². The summed E-state index contributed by atoms with van der Waals surface area (Å²) in [5, 5.41) is 10.7. The monoisotopic (exact) mass is 293 g/mol. The van der Waals surface area contributed by atoms with E-state index in [1.165, 1.54) is 12.1 Å². The van der Waals surface area contributed by atoms with Crippen LogP contribution >= 0.6 is 27.5 Å². The number of benzene rings is 1. The van der Waals surface area contributed by atoms with Gasteiger partial charge in [0.05, 0.1) is 21.5 Å². The Hall–Kier alpha value is -1.14. The first-order valence-corrected chi connectivity index (χ1v) is 4.86. The molecule has 0 spiro atoms. The average molecular weight is 294 g/mol. The molecule has 0 aromatic heterocycles. The van der Waals surface area contributed by atoms with Gasteiger partial charge in [0.25, 0.3) is 5.69 Å². The van der Waals surface area contributed by atoms with Crippen molar-refractivity contribution in [2.45, 2.75) is 0 Å². The number of hydrogen-bond donors (Lipinski definition) is 0. The standard InChI is InChI=1S/C8H5BrClNO4/c1-15-8(12)6-5(10)3-2-4(9)7(6)11(13)14/h2-3H,1H3. The fourth-order valence-electron chi connectivity index (χ4n) is 1.02. The van der Waals surface area contributed by atoms with E-state index in [4.69, 9.17) is 11.6 Å². The largest absolute Gasteiger partial charge is 0.465 e. The van der Waals surface area contributed by atoms with Crippen molar-refractivity contribution in [3.63, 3.8) is 0 Å². The van der Waals surface area contributed by atoms with E-state index in [2.05, 4.69) is 20.7 Å². The van der Waals surface area contributed by atoms with Crippen LogP contribution in [0.1, 0.15) is 10.4 Å². The summed E-state index contributed by atoms with van der Waals surface area (Å²) in [7, 11) is 1.13. The summed E-state index contributed by atoms with van der Waals surface area (Å²) in [6, 6.07) is 2.78. The first kappa shape index (κ1) is 11.9. The summed E-state index contributed by atoms with van der Waals surface area (Å²) in [5.41, 5.74) is -0.645. The van der Waals surface area contributed by atoms with E-state index >= 15 is 0 Å². The Bertz CT molecular complexity index is 435. The van der Waals surface area contributed by atoms with Crippen LogP contribution in [0.2, 0.25) is 5.02 Å². The summed E-state index contributed by atoms with van der Waals surface area (Å²) in [6.07, 6.45) is 0. The van der Waals surface area contributed by atoms with Crippen molar-refractivity contribution >= 4 is 39.2 Å². The molecule has 0 N–H and O–H groups in total. The van der Waals surface area contributed by atoms with Crippen LogP contribution in [-0.2, 0) is 4.74 Å². The lowest BCUT2D eigenvalue weighted by Gasteiger charge is -2.04. The summed E-state index contributed by atoms with van der Waals surface area (Å²) < 4.78 is 4.59. The quantitative estimate of drug-likeness (QED) is 0.478. The molecule has 0 heterocycles. The predicted molar refractivity (Wildman–Crippen MR) is 57.1 cm³/mol. The second-order valence-electron chi connectivity index (χ2n) is 2.50. The van der Waals surface area contributed by atoms with Gasteiger partial charge < -0.3 is 4.74 Å². The number of carbonyl (C=O) groups excluding carboxylic acids is 1.